The molecule has 0 aliphatic heterocycles. The van der Waals surface area contributed by atoms with Gasteiger partial charge in [0.1, 0.15) is 0 Å². The van der Waals surface area contributed by atoms with Gasteiger partial charge in [-0.15, -0.1) is 0 Å². The Morgan fingerprint density at radius 2 is 2.00 bits per heavy atom. The summed E-state index contributed by atoms with van der Waals surface area (Å²) in [7, 11) is 1.31. The first-order valence-electron chi connectivity index (χ1n) is 4.98. The Morgan fingerprint density at radius 1 is 1.46 bits per heavy atom. The van der Waals surface area contributed by atoms with Gasteiger partial charge >= 0.3 is 0 Å². The zero-order valence-electron chi connectivity index (χ0n) is 9.30. The summed E-state index contributed by atoms with van der Waals surface area (Å²) < 4.78 is 3.86. The summed E-state index contributed by atoms with van der Waals surface area (Å²) in [6.45, 7) is 7.53. The van der Waals surface area contributed by atoms with E-state index < -0.39 is 0 Å². The highest BCUT2D eigenvalue weighted by atomic mass is 16.5. The number of rotatable bonds is 1. The van der Waals surface area contributed by atoms with Crippen molar-refractivity contribution in [3.63, 3.8) is 0 Å². The van der Waals surface area contributed by atoms with Crippen LogP contribution in [0.15, 0.2) is 0 Å². The summed E-state index contributed by atoms with van der Waals surface area (Å²) in [6.07, 6.45) is 5.79. The lowest BCUT2D eigenvalue weighted by molar-refractivity contribution is -0.126. The third-order valence-electron chi connectivity index (χ3n) is 2.55. The van der Waals surface area contributed by atoms with Crippen molar-refractivity contribution in [2.24, 2.45) is 11.3 Å². The van der Waals surface area contributed by atoms with Crippen molar-refractivity contribution in [1.29, 1.82) is 0 Å². The van der Waals surface area contributed by atoms with E-state index in [1.54, 1.807) is 0 Å². The molecule has 0 aromatic carbocycles. The van der Waals surface area contributed by atoms with Crippen molar-refractivity contribution in [1.82, 2.24) is 0 Å². The third-order valence-corrected chi connectivity index (χ3v) is 2.55. The van der Waals surface area contributed by atoms with Crippen molar-refractivity contribution < 1.29 is 9.53 Å². The SMILES string of the molecule is CC1CCCC(C)(C)C1.COC=O. The molecule has 2 nitrogen and oxygen atoms in total. The monoisotopic (exact) mass is 186 g/mol. The van der Waals surface area contributed by atoms with Crippen LogP contribution in [0.4, 0.5) is 0 Å². The topological polar surface area (TPSA) is 26.3 Å². The smallest absolute Gasteiger partial charge is 0.292 e. The maximum atomic E-state index is 8.95. The molecule has 0 heterocycles. The van der Waals surface area contributed by atoms with Crippen LogP contribution in [0.1, 0.15) is 46.5 Å². The Balaban J connectivity index is 0.000000310. The molecule has 0 spiro atoms. The van der Waals surface area contributed by atoms with Crippen LogP contribution in [-0.4, -0.2) is 13.6 Å². The Labute approximate surface area is 81.7 Å². The van der Waals surface area contributed by atoms with Crippen molar-refractivity contribution >= 4 is 6.47 Å². The zero-order chi connectivity index (χ0) is 10.3. The van der Waals surface area contributed by atoms with Gasteiger partial charge in [-0.3, -0.25) is 4.79 Å². The predicted octanol–water partition coefficient (Wildman–Crippen LogP) is 3.01. The summed E-state index contributed by atoms with van der Waals surface area (Å²) in [6, 6.07) is 0. The molecule has 1 aliphatic carbocycles. The van der Waals surface area contributed by atoms with Crippen LogP contribution in [0, 0.1) is 11.3 Å². The van der Waals surface area contributed by atoms with Crippen molar-refractivity contribution in [3.8, 4) is 0 Å². The molecule has 0 saturated heterocycles. The van der Waals surface area contributed by atoms with Crippen LogP contribution in [-0.2, 0) is 9.53 Å². The van der Waals surface area contributed by atoms with Gasteiger partial charge in [0.2, 0.25) is 0 Å². The summed E-state index contributed by atoms with van der Waals surface area (Å²) >= 11 is 0. The van der Waals surface area contributed by atoms with Crippen molar-refractivity contribution in [2.75, 3.05) is 7.11 Å². The molecule has 13 heavy (non-hydrogen) atoms. The van der Waals surface area contributed by atoms with Gasteiger partial charge in [-0.05, 0) is 24.2 Å². The summed E-state index contributed by atoms with van der Waals surface area (Å²) in [5.41, 5.74) is 0.650. The molecule has 1 rings (SSSR count). The molecule has 0 N–H and O–H groups in total. The largest absolute Gasteiger partial charge is 0.471 e. The van der Waals surface area contributed by atoms with Gasteiger partial charge < -0.3 is 4.74 Å². The van der Waals surface area contributed by atoms with Crippen LogP contribution in [0.5, 0.6) is 0 Å². The average Bonchev–Trinajstić information content (AvgIpc) is 2.02. The Hall–Kier alpha value is -0.530. The lowest BCUT2D eigenvalue weighted by atomic mass is 9.73. The molecular weight excluding hydrogens is 164 g/mol. The molecule has 1 unspecified atom stereocenters. The molecule has 1 saturated carbocycles. The van der Waals surface area contributed by atoms with E-state index in [1.165, 1.54) is 32.8 Å². The first-order valence-corrected chi connectivity index (χ1v) is 4.98. The second-order valence-electron chi connectivity index (χ2n) is 4.70. The maximum Gasteiger partial charge on any atom is 0.292 e. The van der Waals surface area contributed by atoms with Crippen LogP contribution >= 0.6 is 0 Å². The first-order chi connectivity index (χ1) is 6.02. The maximum absolute atomic E-state index is 8.95. The van der Waals surface area contributed by atoms with Gasteiger partial charge in [0.25, 0.3) is 6.47 Å². The quantitative estimate of drug-likeness (QED) is 0.588. The highest BCUT2D eigenvalue weighted by molar-refractivity contribution is 5.36. The van der Waals surface area contributed by atoms with Crippen molar-refractivity contribution in [3.05, 3.63) is 0 Å². The molecule has 0 aromatic heterocycles. The second-order valence-corrected chi connectivity index (χ2v) is 4.70. The highest BCUT2D eigenvalue weighted by Gasteiger charge is 2.24. The Morgan fingerprint density at radius 3 is 2.23 bits per heavy atom. The van der Waals surface area contributed by atoms with E-state index in [0.29, 0.717) is 11.9 Å². The van der Waals surface area contributed by atoms with Gasteiger partial charge in [-0.25, -0.2) is 0 Å². The van der Waals surface area contributed by atoms with Gasteiger partial charge in [-0.1, -0.05) is 33.6 Å². The molecule has 1 aliphatic rings. The molecule has 1 atom stereocenters. The van der Waals surface area contributed by atoms with E-state index in [2.05, 4.69) is 25.5 Å². The van der Waals surface area contributed by atoms with E-state index in [4.69, 9.17) is 4.79 Å². The highest BCUT2D eigenvalue weighted by Crippen LogP contribution is 2.37. The van der Waals surface area contributed by atoms with E-state index in [9.17, 15) is 0 Å². The average molecular weight is 186 g/mol. The molecular formula is C11H22O2. The molecule has 0 bridgehead atoms. The van der Waals surface area contributed by atoms with Gasteiger partial charge in [0.05, 0.1) is 7.11 Å². The first kappa shape index (κ1) is 12.5. The Kier molecular flexibility index (Phi) is 5.76. The van der Waals surface area contributed by atoms with E-state index in [0.717, 1.165) is 5.92 Å². The molecule has 1 fully saturated rings. The fourth-order valence-corrected chi connectivity index (χ4v) is 2.08. The minimum absolute atomic E-state index is 0.375. The van der Waals surface area contributed by atoms with Crippen LogP contribution in [0.3, 0.4) is 0 Å². The molecule has 0 amide bonds. The van der Waals surface area contributed by atoms with Crippen LogP contribution < -0.4 is 0 Å². The number of ether oxygens (including phenoxy) is 1. The van der Waals surface area contributed by atoms with Gasteiger partial charge in [-0.2, -0.15) is 0 Å². The molecule has 78 valence electrons. The number of carbonyl (C=O) groups is 1. The van der Waals surface area contributed by atoms with E-state index in [1.807, 2.05) is 0 Å². The number of carbonyl (C=O) groups excluding carboxylic acids is 1. The normalized spacial score (nSPS) is 25.4. The number of methoxy groups -OCH3 is 1. The summed E-state index contributed by atoms with van der Waals surface area (Å²) in [4.78, 5) is 8.95. The van der Waals surface area contributed by atoms with E-state index >= 15 is 0 Å². The molecule has 2 heteroatoms. The van der Waals surface area contributed by atoms with Gasteiger partial charge in [0, 0.05) is 0 Å². The third kappa shape index (κ3) is 6.62. The predicted molar refractivity (Wildman–Crippen MR) is 54.5 cm³/mol. The minimum Gasteiger partial charge on any atom is -0.471 e. The minimum atomic E-state index is 0.375. The summed E-state index contributed by atoms with van der Waals surface area (Å²) in [5, 5.41) is 0. The lowest BCUT2D eigenvalue weighted by Crippen LogP contribution is -2.20. The van der Waals surface area contributed by atoms with E-state index in [-0.39, 0.29) is 0 Å². The fraction of sp³-hybridized carbons (Fsp3) is 0.909. The second kappa shape index (κ2) is 6.01. The molecule has 0 aromatic rings. The summed E-state index contributed by atoms with van der Waals surface area (Å²) in [5.74, 6) is 0.980. The zero-order valence-corrected chi connectivity index (χ0v) is 9.30. The lowest BCUT2D eigenvalue weighted by Gasteiger charge is -2.33. The standard InChI is InChI=1S/C9H18.C2H4O2/c1-8-5-4-6-9(2,3)7-8;1-4-2-3/h8H,4-7H2,1-3H3;2H,1H3. The van der Waals surface area contributed by atoms with Crippen LogP contribution in [0.25, 0.3) is 0 Å². The van der Waals surface area contributed by atoms with Crippen molar-refractivity contribution in [2.45, 2.75) is 46.5 Å². The van der Waals surface area contributed by atoms with Gasteiger partial charge in [0.15, 0.2) is 0 Å². The van der Waals surface area contributed by atoms with Crippen LogP contribution in [0.2, 0.25) is 0 Å². The number of hydrogen-bond donors (Lipinski definition) is 0. The number of hydrogen-bond acceptors (Lipinski definition) is 2. The fourth-order valence-electron chi connectivity index (χ4n) is 2.08. The molecule has 0 radical (unpaired) electrons. The Bertz CT molecular complexity index is 141.